The molecule has 3 nitrogen and oxygen atoms in total. The van der Waals surface area contributed by atoms with Crippen molar-refractivity contribution in [1.82, 2.24) is 0 Å². The maximum atomic E-state index is 13.0. The van der Waals surface area contributed by atoms with Gasteiger partial charge in [-0.2, -0.15) is 13.2 Å². The van der Waals surface area contributed by atoms with Crippen molar-refractivity contribution in [3.05, 3.63) is 95.6 Å². The molecule has 0 aliphatic heterocycles. The van der Waals surface area contributed by atoms with Gasteiger partial charge in [-0.3, -0.25) is 4.79 Å². The van der Waals surface area contributed by atoms with Gasteiger partial charge in [-0.25, -0.2) is 0 Å². The molecule has 0 fully saturated rings. The van der Waals surface area contributed by atoms with Crippen LogP contribution in [0.1, 0.15) is 16.7 Å². The molecule has 3 aromatic carbocycles. The zero-order valence-electron chi connectivity index (χ0n) is 15.0. The molecule has 144 valence electrons. The highest BCUT2D eigenvalue weighted by atomic mass is 19.4. The van der Waals surface area contributed by atoms with Crippen LogP contribution in [-0.2, 0) is 17.4 Å². The maximum Gasteiger partial charge on any atom is 0.418 e. The van der Waals surface area contributed by atoms with Gasteiger partial charge < -0.3 is 10.6 Å². The predicted octanol–water partition coefficient (Wildman–Crippen LogP) is 5.35. The number of para-hydroxylation sites is 2. The number of rotatable bonds is 6. The summed E-state index contributed by atoms with van der Waals surface area (Å²) in [5.74, 6) is -0.550. The fourth-order valence-electron chi connectivity index (χ4n) is 2.87. The quantitative estimate of drug-likeness (QED) is 0.602. The second kappa shape index (κ2) is 8.61. The van der Waals surface area contributed by atoms with E-state index < -0.39 is 17.6 Å². The normalized spacial score (nSPS) is 11.1. The first-order valence-electron chi connectivity index (χ1n) is 8.75. The fraction of sp³-hybridized carbons (Fsp3) is 0.136. The Morgan fingerprint density at radius 3 is 2.11 bits per heavy atom. The number of amides is 1. The smallest absolute Gasteiger partial charge is 0.376 e. The van der Waals surface area contributed by atoms with Gasteiger partial charge in [-0.05, 0) is 35.7 Å². The fourth-order valence-corrected chi connectivity index (χ4v) is 2.87. The highest BCUT2D eigenvalue weighted by molar-refractivity contribution is 5.94. The van der Waals surface area contributed by atoms with Crippen molar-refractivity contribution >= 4 is 17.3 Å². The Kier molecular flexibility index (Phi) is 5.99. The number of benzene rings is 3. The molecule has 28 heavy (non-hydrogen) atoms. The number of nitrogens with one attached hydrogen (secondary N) is 2. The first-order chi connectivity index (χ1) is 13.4. The molecule has 0 atom stereocenters. The number of alkyl halides is 3. The average molecular weight is 384 g/mol. The third-order valence-electron chi connectivity index (χ3n) is 4.20. The lowest BCUT2D eigenvalue weighted by atomic mass is 10.0. The molecule has 1 amide bonds. The van der Waals surface area contributed by atoms with Gasteiger partial charge in [0.2, 0.25) is 5.91 Å². The van der Waals surface area contributed by atoms with Gasteiger partial charge in [-0.1, -0.05) is 60.7 Å². The summed E-state index contributed by atoms with van der Waals surface area (Å²) in [7, 11) is 0. The van der Waals surface area contributed by atoms with Crippen LogP contribution < -0.4 is 10.6 Å². The van der Waals surface area contributed by atoms with E-state index in [-0.39, 0.29) is 12.2 Å². The molecule has 0 bridgehead atoms. The topological polar surface area (TPSA) is 41.1 Å². The van der Waals surface area contributed by atoms with Gasteiger partial charge in [0.1, 0.15) is 0 Å². The second-order valence-electron chi connectivity index (χ2n) is 6.26. The Morgan fingerprint density at radius 1 is 0.786 bits per heavy atom. The zero-order valence-corrected chi connectivity index (χ0v) is 15.0. The van der Waals surface area contributed by atoms with E-state index in [2.05, 4.69) is 10.6 Å². The molecule has 3 rings (SSSR count). The van der Waals surface area contributed by atoms with Crippen LogP contribution >= 0.6 is 0 Å². The monoisotopic (exact) mass is 384 g/mol. The van der Waals surface area contributed by atoms with Crippen molar-refractivity contribution in [1.29, 1.82) is 0 Å². The number of hydrogen-bond donors (Lipinski definition) is 2. The lowest BCUT2D eigenvalue weighted by Gasteiger charge is -2.15. The van der Waals surface area contributed by atoms with Crippen LogP contribution in [0.15, 0.2) is 78.9 Å². The van der Waals surface area contributed by atoms with Crippen molar-refractivity contribution in [2.45, 2.75) is 12.6 Å². The van der Waals surface area contributed by atoms with Gasteiger partial charge in [0.15, 0.2) is 0 Å². The molecular weight excluding hydrogens is 365 g/mol. The second-order valence-corrected chi connectivity index (χ2v) is 6.26. The number of hydrogen-bond acceptors (Lipinski definition) is 2. The standard InChI is InChI=1S/C22H19F3N2O/c23-22(24,25)18-11-5-7-13-20(18)27-21(28)15-26-19-12-6-4-10-17(19)14-16-8-2-1-3-9-16/h1-13,26H,14-15H2,(H,27,28). The first-order valence-corrected chi connectivity index (χ1v) is 8.75. The Balaban J connectivity index is 1.66. The van der Waals surface area contributed by atoms with E-state index in [1.165, 1.54) is 18.2 Å². The Morgan fingerprint density at radius 2 is 1.39 bits per heavy atom. The van der Waals surface area contributed by atoms with Crippen molar-refractivity contribution in [2.75, 3.05) is 17.2 Å². The Labute approximate surface area is 161 Å². The van der Waals surface area contributed by atoms with Crippen LogP contribution in [0.2, 0.25) is 0 Å². The number of carbonyl (C=O) groups excluding carboxylic acids is 1. The molecule has 2 N–H and O–H groups in total. The van der Waals surface area contributed by atoms with E-state index in [1.54, 1.807) is 0 Å². The average Bonchev–Trinajstić information content (AvgIpc) is 2.68. The molecule has 0 unspecified atom stereocenters. The van der Waals surface area contributed by atoms with Crippen LogP contribution in [-0.4, -0.2) is 12.5 Å². The van der Waals surface area contributed by atoms with Gasteiger partial charge in [0, 0.05) is 5.69 Å². The lowest BCUT2D eigenvalue weighted by Crippen LogP contribution is -2.24. The summed E-state index contributed by atoms with van der Waals surface area (Å²) in [6.07, 6.45) is -3.85. The van der Waals surface area contributed by atoms with Crippen molar-refractivity contribution < 1.29 is 18.0 Å². The summed E-state index contributed by atoms with van der Waals surface area (Å²) in [4.78, 5) is 12.2. The van der Waals surface area contributed by atoms with Crippen molar-refractivity contribution in [3.63, 3.8) is 0 Å². The summed E-state index contributed by atoms with van der Waals surface area (Å²) in [6, 6.07) is 22.3. The molecule has 0 aliphatic rings. The van der Waals surface area contributed by atoms with Crippen LogP contribution in [0, 0.1) is 0 Å². The molecule has 6 heteroatoms. The Hall–Kier alpha value is -3.28. The van der Waals surface area contributed by atoms with Crippen LogP contribution in [0.4, 0.5) is 24.5 Å². The third-order valence-corrected chi connectivity index (χ3v) is 4.20. The van der Waals surface area contributed by atoms with E-state index in [0.717, 1.165) is 22.9 Å². The number of carbonyl (C=O) groups is 1. The maximum absolute atomic E-state index is 13.0. The lowest BCUT2D eigenvalue weighted by molar-refractivity contribution is -0.137. The van der Waals surface area contributed by atoms with Gasteiger partial charge in [0.05, 0.1) is 17.8 Å². The third kappa shape index (κ3) is 5.13. The van der Waals surface area contributed by atoms with E-state index in [1.807, 2.05) is 54.6 Å². The summed E-state index contributed by atoms with van der Waals surface area (Å²) in [6.45, 7) is -0.141. The molecule has 3 aromatic rings. The minimum Gasteiger partial charge on any atom is -0.376 e. The predicted molar refractivity (Wildman–Crippen MR) is 104 cm³/mol. The van der Waals surface area contributed by atoms with E-state index in [4.69, 9.17) is 0 Å². The van der Waals surface area contributed by atoms with E-state index in [0.29, 0.717) is 6.42 Å². The van der Waals surface area contributed by atoms with E-state index in [9.17, 15) is 18.0 Å². The number of anilines is 2. The molecule has 0 aliphatic carbocycles. The van der Waals surface area contributed by atoms with Crippen LogP contribution in [0.25, 0.3) is 0 Å². The summed E-state index contributed by atoms with van der Waals surface area (Å²) in [5.41, 5.74) is 1.77. The molecule has 0 spiro atoms. The molecule has 0 radical (unpaired) electrons. The molecule has 0 aromatic heterocycles. The van der Waals surface area contributed by atoms with Gasteiger partial charge in [-0.15, -0.1) is 0 Å². The summed E-state index contributed by atoms with van der Waals surface area (Å²) >= 11 is 0. The summed E-state index contributed by atoms with van der Waals surface area (Å²) in [5, 5.41) is 5.35. The van der Waals surface area contributed by atoms with Gasteiger partial charge >= 0.3 is 6.18 Å². The molecule has 0 heterocycles. The van der Waals surface area contributed by atoms with Crippen molar-refractivity contribution in [2.24, 2.45) is 0 Å². The highest BCUT2D eigenvalue weighted by Gasteiger charge is 2.33. The minimum absolute atomic E-state index is 0.141. The zero-order chi connectivity index (χ0) is 20.0. The van der Waals surface area contributed by atoms with Crippen LogP contribution in [0.5, 0.6) is 0 Å². The molecule has 0 saturated heterocycles. The molecular formula is C22H19F3N2O. The van der Waals surface area contributed by atoms with Crippen molar-refractivity contribution in [3.8, 4) is 0 Å². The minimum atomic E-state index is -4.53. The SMILES string of the molecule is O=C(CNc1ccccc1Cc1ccccc1)Nc1ccccc1C(F)(F)F. The first kappa shape index (κ1) is 19.5. The highest BCUT2D eigenvalue weighted by Crippen LogP contribution is 2.34. The van der Waals surface area contributed by atoms with Gasteiger partial charge in [0.25, 0.3) is 0 Å². The van der Waals surface area contributed by atoms with E-state index >= 15 is 0 Å². The Bertz CT molecular complexity index is 940. The summed E-state index contributed by atoms with van der Waals surface area (Å²) < 4.78 is 39.1. The molecule has 0 saturated carbocycles. The number of halogens is 3. The van der Waals surface area contributed by atoms with Crippen LogP contribution in [0.3, 0.4) is 0 Å². The largest absolute Gasteiger partial charge is 0.418 e.